The van der Waals surface area contributed by atoms with Crippen LogP contribution >= 0.6 is 34.0 Å². The smallest absolute Gasteiger partial charge is 0.550 e. The quantitative estimate of drug-likeness (QED) is 0.600. The Morgan fingerprint density at radius 2 is 1.62 bits per heavy atom. The zero-order chi connectivity index (χ0) is 7.40. The minimum atomic E-state index is -1.04. The van der Waals surface area contributed by atoms with E-state index in [2.05, 4.69) is 0 Å². The third-order valence-electron chi connectivity index (χ3n) is 1.19. The number of hydrogen-bond acceptors (Lipinski definition) is 2. The van der Waals surface area contributed by atoms with Crippen LogP contribution in [0.15, 0.2) is 30.3 Å². The van der Waals surface area contributed by atoms with E-state index in [1.807, 2.05) is 6.07 Å². The Morgan fingerprint density at radius 3 is 2.00 bits per heavy atom. The van der Waals surface area contributed by atoms with E-state index in [-0.39, 0.29) is 69.9 Å². The van der Waals surface area contributed by atoms with Gasteiger partial charge in [-0.3, -0.25) is 0 Å². The van der Waals surface area contributed by atoms with Crippen LogP contribution in [0.2, 0.25) is 0 Å². The molecule has 0 N–H and O–H groups in total. The molecule has 1 aromatic carbocycles. The summed E-state index contributed by atoms with van der Waals surface area (Å²) in [6.45, 7) is 0. The fourth-order valence-corrected chi connectivity index (χ4v) is 0.763. The van der Waals surface area contributed by atoms with Gasteiger partial charge in [0.25, 0.3) is 0 Å². The van der Waals surface area contributed by atoms with Gasteiger partial charge >= 0.3 is 29.6 Å². The number of carbonyl (C=O) groups is 1. The molecule has 5 heteroatoms. The molecule has 0 radical (unpaired) electrons. The summed E-state index contributed by atoms with van der Waals surface area (Å²) in [5, 5.41) is 10.1. The van der Waals surface area contributed by atoms with Crippen LogP contribution in [0, 0.1) is 0 Å². The fraction of sp³-hybridized carbons (Fsp3) is 0.125. The molecule has 0 fully saturated rings. The van der Waals surface area contributed by atoms with Gasteiger partial charge in [-0.15, -0.1) is 34.0 Å². The van der Waals surface area contributed by atoms with Crippen LogP contribution < -0.4 is 34.7 Å². The molecule has 0 saturated heterocycles. The topological polar surface area (TPSA) is 40.1 Å². The van der Waals surface area contributed by atoms with Crippen molar-refractivity contribution >= 4 is 39.9 Å². The summed E-state index contributed by atoms with van der Waals surface area (Å²) in [4.78, 5) is 10.1. The first-order valence-electron chi connectivity index (χ1n) is 3.03. The van der Waals surface area contributed by atoms with E-state index < -0.39 is 5.97 Å². The monoisotopic (exact) mass is 318 g/mol. The maximum atomic E-state index is 10.1. The van der Waals surface area contributed by atoms with Gasteiger partial charge in [0, 0.05) is 12.4 Å². The molecule has 0 aliphatic heterocycles. The molecule has 1 rings (SSSR count). The van der Waals surface area contributed by atoms with Gasteiger partial charge in [-0.05, 0) is 5.56 Å². The minimum absolute atomic E-state index is 0. The first-order chi connectivity index (χ1) is 4.79. The Kier molecular flexibility index (Phi) is 15.9. The van der Waals surface area contributed by atoms with Gasteiger partial charge in [-0.25, -0.2) is 0 Å². The maximum absolute atomic E-state index is 10.1. The number of rotatable bonds is 2. The third-order valence-corrected chi connectivity index (χ3v) is 1.19. The largest absolute Gasteiger partial charge is 1.00 e. The Balaban J connectivity index is -0.000000333. The van der Waals surface area contributed by atoms with E-state index in [1.54, 1.807) is 24.3 Å². The molecule has 0 atom stereocenters. The number of benzene rings is 1. The molecule has 0 spiro atoms. The molecule has 0 aliphatic rings. The van der Waals surface area contributed by atoms with Gasteiger partial charge in [0.15, 0.2) is 0 Å². The molecular formula is C8H9Br2NaO2. The molecule has 68 valence electrons. The number of hydrogen-bond donors (Lipinski definition) is 0. The van der Waals surface area contributed by atoms with E-state index >= 15 is 0 Å². The SMILES string of the molecule is Br.Br.O=C([O-])Cc1ccccc1.[Na+]. The number of halogens is 2. The maximum Gasteiger partial charge on any atom is 1.00 e. The van der Waals surface area contributed by atoms with Crippen LogP contribution in [0.1, 0.15) is 5.56 Å². The van der Waals surface area contributed by atoms with Crippen molar-refractivity contribution in [2.45, 2.75) is 6.42 Å². The van der Waals surface area contributed by atoms with Crippen LogP contribution in [0.25, 0.3) is 0 Å². The van der Waals surface area contributed by atoms with Gasteiger partial charge < -0.3 is 9.90 Å². The summed E-state index contributed by atoms with van der Waals surface area (Å²) in [6, 6.07) is 8.97. The van der Waals surface area contributed by atoms with Crippen LogP contribution in [0.3, 0.4) is 0 Å². The fourth-order valence-electron chi connectivity index (χ4n) is 0.763. The standard InChI is InChI=1S/C8H8O2.2BrH.Na/c9-8(10)6-7-4-2-1-3-5-7;;;/h1-5H,6H2,(H,9,10);2*1H;/q;;;+1/p-1. The molecule has 1 aromatic rings. The number of aliphatic carboxylic acids is 1. The molecule has 2 nitrogen and oxygen atoms in total. The second-order valence-corrected chi connectivity index (χ2v) is 2.03. The minimum Gasteiger partial charge on any atom is -0.550 e. The first-order valence-corrected chi connectivity index (χ1v) is 3.03. The Bertz CT molecular complexity index is 229. The molecule has 0 amide bonds. The molecule has 0 aliphatic carbocycles. The molecule has 0 heterocycles. The van der Waals surface area contributed by atoms with Crippen LogP contribution in [-0.4, -0.2) is 5.97 Å². The average molecular weight is 320 g/mol. The van der Waals surface area contributed by atoms with Crippen molar-refractivity contribution in [3.05, 3.63) is 35.9 Å². The predicted molar refractivity (Wildman–Crippen MR) is 55.8 cm³/mol. The van der Waals surface area contributed by atoms with E-state index in [1.165, 1.54) is 0 Å². The number of carbonyl (C=O) groups excluding carboxylic acids is 1. The molecule has 0 saturated carbocycles. The molecular weight excluding hydrogens is 311 g/mol. The molecule has 0 bridgehead atoms. The summed E-state index contributed by atoms with van der Waals surface area (Å²) >= 11 is 0. The van der Waals surface area contributed by atoms with E-state index in [4.69, 9.17) is 0 Å². The van der Waals surface area contributed by atoms with Gasteiger partial charge in [0.2, 0.25) is 0 Å². The van der Waals surface area contributed by atoms with Crippen molar-refractivity contribution in [3.63, 3.8) is 0 Å². The first kappa shape index (κ1) is 19.3. The summed E-state index contributed by atoms with van der Waals surface area (Å²) < 4.78 is 0. The second kappa shape index (κ2) is 10.7. The molecule has 0 unspecified atom stereocenters. The zero-order valence-electron chi connectivity index (χ0n) is 7.23. The molecule has 0 aromatic heterocycles. The van der Waals surface area contributed by atoms with Crippen molar-refractivity contribution in [1.29, 1.82) is 0 Å². The normalized spacial score (nSPS) is 7.08. The Hall–Kier alpha value is 0.650. The van der Waals surface area contributed by atoms with Crippen molar-refractivity contribution < 1.29 is 39.5 Å². The summed E-state index contributed by atoms with van der Waals surface area (Å²) in [5.74, 6) is -1.04. The summed E-state index contributed by atoms with van der Waals surface area (Å²) in [6.07, 6.45) is 0.000833. The van der Waals surface area contributed by atoms with E-state index in [9.17, 15) is 9.90 Å². The van der Waals surface area contributed by atoms with Crippen LogP contribution in [0.5, 0.6) is 0 Å². The summed E-state index contributed by atoms with van der Waals surface area (Å²) in [5.41, 5.74) is 0.780. The van der Waals surface area contributed by atoms with Crippen LogP contribution in [-0.2, 0) is 11.2 Å². The zero-order valence-corrected chi connectivity index (χ0v) is 12.7. The number of carboxylic acids is 1. The summed E-state index contributed by atoms with van der Waals surface area (Å²) in [7, 11) is 0. The Morgan fingerprint density at radius 1 is 1.15 bits per heavy atom. The van der Waals surface area contributed by atoms with Gasteiger partial charge in [0.1, 0.15) is 0 Å². The van der Waals surface area contributed by atoms with Crippen LogP contribution in [0.4, 0.5) is 0 Å². The van der Waals surface area contributed by atoms with Gasteiger partial charge in [-0.1, -0.05) is 30.3 Å². The molecule has 13 heavy (non-hydrogen) atoms. The predicted octanol–water partition coefficient (Wildman–Crippen LogP) is -1.86. The number of carboxylic acid groups (broad SMARTS) is 1. The van der Waals surface area contributed by atoms with E-state index in [0.29, 0.717) is 0 Å². The van der Waals surface area contributed by atoms with Crippen molar-refractivity contribution in [2.24, 2.45) is 0 Å². The second-order valence-electron chi connectivity index (χ2n) is 2.03. The van der Waals surface area contributed by atoms with Crippen molar-refractivity contribution in [2.75, 3.05) is 0 Å². The van der Waals surface area contributed by atoms with Crippen molar-refractivity contribution in [3.8, 4) is 0 Å². The average Bonchev–Trinajstić information content (AvgIpc) is 1.88. The Labute approximate surface area is 121 Å². The van der Waals surface area contributed by atoms with Crippen molar-refractivity contribution in [1.82, 2.24) is 0 Å². The third kappa shape index (κ3) is 8.97. The van der Waals surface area contributed by atoms with Gasteiger partial charge in [-0.2, -0.15) is 0 Å². The van der Waals surface area contributed by atoms with E-state index in [0.717, 1.165) is 5.56 Å². The van der Waals surface area contributed by atoms with Gasteiger partial charge in [0.05, 0.1) is 0 Å².